The monoisotopic (exact) mass is 483 g/mol. The third kappa shape index (κ3) is 6.01. The molecule has 2 aromatic rings. The molecule has 8 heteroatoms. The molecule has 1 aromatic heterocycles. The zero-order chi connectivity index (χ0) is 24.1. The van der Waals surface area contributed by atoms with Crippen LogP contribution in [0.5, 0.6) is 0 Å². The van der Waals surface area contributed by atoms with Crippen molar-refractivity contribution < 1.29 is 9.59 Å². The molecule has 2 heterocycles. The maximum absolute atomic E-state index is 12.5. The van der Waals surface area contributed by atoms with Crippen LogP contribution in [0, 0.1) is 0 Å². The van der Waals surface area contributed by atoms with Crippen molar-refractivity contribution in [3.63, 3.8) is 0 Å². The fraction of sp³-hybridized carbons (Fsp3) is 0.615. The van der Waals surface area contributed by atoms with Crippen molar-refractivity contribution in [3.05, 3.63) is 29.8 Å². The molecule has 1 N–H and O–H groups in total. The first kappa shape index (κ1) is 24.8. The van der Waals surface area contributed by atoms with E-state index in [1.807, 2.05) is 4.90 Å². The van der Waals surface area contributed by atoms with Gasteiger partial charge in [0.1, 0.15) is 0 Å². The van der Waals surface area contributed by atoms with Gasteiger partial charge in [0.15, 0.2) is 11.0 Å². The minimum atomic E-state index is -0.146. The number of nitrogens with zero attached hydrogens (tertiary/aromatic N) is 4. The first-order valence-electron chi connectivity index (χ1n) is 12.6. The maximum Gasteiger partial charge on any atom is 0.241 e. The quantitative estimate of drug-likeness (QED) is 0.583. The third-order valence-corrected chi connectivity index (χ3v) is 7.78. The first-order chi connectivity index (χ1) is 16.3. The molecule has 4 rings (SSSR count). The SMILES string of the molecule is CC(C)(C)c1ccc(-c2nnc(SCC(=O)NCC(=O)N3CCCC3)n2C2CCCCC2)cc1. The smallest absolute Gasteiger partial charge is 0.241 e. The topological polar surface area (TPSA) is 80.1 Å². The summed E-state index contributed by atoms with van der Waals surface area (Å²) < 4.78 is 2.25. The minimum Gasteiger partial charge on any atom is -0.346 e. The lowest BCUT2D eigenvalue weighted by Crippen LogP contribution is -2.39. The zero-order valence-corrected chi connectivity index (χ0v) is 21.5. The second-order valence-corrected chi connectivity index (χ2v) is 11.4. The molecular formula is C26H37N5O2S. The Hall–Kier alpha value is -2.35. The van der Waals surface area contributed by atoms with Gasteiger partial charge in [0.25, 0.3) is 0 Å². The molecule has 2 aliphatic rings. The number of nitrogens with one attached hydrogen (secondary N) is 1. The van der Waals surface area contributed by atoms with Crippen molar-refractivity contribution in [1.82, 2.24) is 25.0 Å². The van der Waals surface area contributed by atoms with Crippen LogP contribution >= 0.6 is 11.8 Å². The number of thioether (sulfide) groups is 1. The van der Waals surface area contributed by atoms with Gasteiger partial charge in [-0.2, -0.15) is 0 Å². The lowest BCUT2D eigenvalue weighted by molar-refractivity contribution is -0.131. The Balaban J connectivity index is 1.46. The van der Waals surface area contributed by atoms with Crippen molar-refractivity contribution in [1.29, 1.82) is 0 Å². The summed E-state index contributed by atoms with van der Waals surface area (Å²) in [4.78, 5) is 26.5. The molecule has 0 radical (unpaired) electrons. The van der Waals surface area contributed by atoms with Crippen LogP contribution in [-0.2, 0) is 15.0 Å². The molecular weight excluding hydrogens is 446 g/mol. The molecule has 2 fully saturated rings. The Kier molecular flexibility index (Phi) is 7.96. The predicted molar refractivity (Wildman–Crippen MR) is 136 cm³/mol. The van der Waals surface area contributed by atoms with E-state index in [1.54, 1.807) is 0 Å². The van der Waals surface area contributed by atoms with Crippen molar-refractivity contribution in [2.45, 2.75) is 82.3 Å². The van der Waals surface area contributed by atoms with E-state index in [2.05, 4.69) is 65.1 Å². The lowest BCUT2D eigenvalue weighted by atomic mass is 9.86. The summed E-state index contributed by atoms with van der Waals surface area (Å²) in [6.45, 7) is 8.31. The van der Waals surface area contributed by atoms with Crippen molar-refractivity contribution in [2.24, 2.45) is 0 Å². The normalized spacial score (nSPS) is 17.2. The summed E-state index contributed by atoms with van der Waals surface area (Å²) in [6, 6.07) is 8.97. The molecule has 1 saturated heterocycles. The van der Waals surface area contributed by atoms with Crippen LogP contribution in [0.15, 0.2) is 29.4 Å². The highest BCUT2D eigenvalue weighted by molar-refractivity contribution is 7.99. The number of aromatic nitrogens is 3. The predicted octanol–water partition coefficient (Wildman–Crippen LogP) is 4.58. The van der Waals surface area contributed by atoms with Crippen molar-refractivity contribution >= 4 is 23.6 Å². The van der Waals surface area contributed by atoms with Gasteiger partial charge in [0.05, 0.1) is 12.3 Å². The van der Waals surface area contributed by atoms with E-state index in [9.17, 15) is 9.59 Å². The van der Waals surface area contributed by atoms with Crippen molar-refractivity contribution in [2.75, 3.05) is 25.4 Å². The molecule has 2 amide bonds. The van der Waals surface area contributed by atoms with Gasteiger partial charge in [-0.1, -0.05) is 76.1 Å². The van der Waals surface area contributed by atoms with Gasteiger partial charge < -0.3 is 10.2 Å². The van der Waals surface area contributed by atoms with E-state index in [-0.39, 0.29) is 29.5 Å². The number of carbonyl (C=O) groups excluding carboxylic acids is 2. The highest BCUT2D eigenvalue weighted by Gasteiger charge is 2.25. The van der Waals surface area contributed by atoms with Crippen LogP contribution in [0.4, 0.5) is 0 Å². The van der Waals surface area contributed by atoms with Crippen LogP contribution in [0.1, 0.15) is 77.3 Å². The molecule has 0 bridgehead atoms. The number of carbonyl (C=O) groups is 2. The van der Waals surface area contributed by atoms with Gasteiger partial charge >= 0.3 is 0 Å². The van der Waals surface area contributed by atoms with Crippen LogP contribution in [0.2, 0.25) is 0 Å². The fourth-order valence-electron chi connectivity index (χ4n) is 4.79. The van der Waals surface area contributed by atoms with E-state index in [1.165, 1.54) is 36.6 Å². The van der Waals surface area contributed by atoms with Gasteiger partial charge in [-0.05, 0) is 36.7 Å². The molecule has 1 saturated carbocycles. The Morgan fingerprint density at radius 2 is 1.68 bits per heavy atom. The maximum atomic E-state index is 12.5. The number of hydrogen-bond acceptors (Lipinski definition) is 5. The van der Waals surface area contributed by atoms with Gasteiger partial charge in [0, 0.05) is 24.7 Å². The second-order valence-electron chi connectivity index (χ2n) is 10.4. The Bertz CT molecular complexity index is 984. The highest BCUT2D eigenvalue weighted by atomic mass is 32.2. The average Bonchev–Trinajstić information content (AvgIpc) is 3.52. The first-order valence-corrected chi connectivity index (χ1v) is 13.5. The summed E-state index contributed by atoms with van der Waals surface area (Å²) in [6.07, 6.45) is 7.98. The Morgan fingerprint density at radius 1 is 1.00 bits per heavy atom. The van der Waals surface area contributed by atoms with Gasteiger partial charge in [-0.15, -0.1) is 10.2 Å². The van der Waals surface area contributed by atoms with Crippen LogP contribution in [0.3, 0.4) is 0 Å². The number of amides is 2. The number of hydrogen-bond donors (Lipinski definition) is 1. The Morgan fingerprint density at radius 3 is 2.32 bits per heavy atom. The molecule has 1 aliphatic heterocycles. The van der Waals surface area contributed by atoms with E-state index >= 15 is 0 Å². The van der Waals surface area contributed by atoms with Crippen LogP contribution in [0.25, 0.3) is 11.4 Å². The second kappa shape index (κ2) is 10.9. The van der Waals surface area contributed by atoms with Gasteiger partial charge in [0.2, 0.25) is 11.8 Å². The van der Waals surface area contributed by atoms with E-state index in [4.69, 9.17) is 0 Å². The third-order valence-electron chi connectivity index (χ3n) is 6.84. The summed E-state index contributed by atoms with van der Waals surface area (Å²) >= 11 is 1.41. The van der Waals surface area contributed by atoms with E-state index in [0.29, 0.717) is 6.04 Å². The van der Waals surface area contributed by atoms with Gasteiger partial charge in [-0.25, -0.2) is 0 Å². The molecule has 1 aliphatic carbocycles. The molecule has 34 heavy (non-hydrogen) atoms. The Labute approximate surface area is 207 Å². The lowest BCUT2D eigenvalue weighted by Gasteiger charge is -2.26. The van der Waals surface area contributed by atoms with Crippen molar-refractivity contribution in [3.8, 4) is 11.4 Å². The number of likely N-dealkylation sites (tertiary alicyclic amines) is 1. The summed E-state index contributed by atoms with van der Waals surface area (Å²) in [7, 11) is 0. The molecule has 0 atom stereocenters. The summed E-state index contributed by atoms with van der Waals surface area (Å²) in [5.74, 6) is 0.953. The highest BCUT2D eigenvalue weighted by Crippen LogP contribution is 2.36. The fourth-order valence-corrected chi connectivity index (χ4v) is 5.63. The molecule has 0 unspecified atom stereocenters. The number of rotatable bonds is 7. The van der Waals surface area contributed by atoms with E-state index in [0.717, 1.165) is 55.3 Å². The minimum absolute atomic E-state index is 0.00205. The molecule has 1 aromatic carbocycles. The molecule has 7 nitrogen and oxygen atoms in total. The van der Waals surface area contributed by atoms with Crippen LogP contribution in [-0.4, -0.2) is 56.9 Å². The summed E-state index contributed by atoms with van der Waals surface area (Å²) in [5.41, 5.74) is 2.44. The summed E-state index contributed by atoms with van der Waals surface area (Å²) in [5, 5.41) is 12.6. The molecule has 0 spiro atoms. The zero-order valence-electron chi connectivity index (χ0n) is 20.7. The van der Waals surface area contributed by atoms with Crippen LogP contribution < -0.4 is 5.32 Å². The number of benzene rings is 1. The average molecular weight is 484 g/mol. The van der Waals surface area contributed by atoms with E-state index < -0.39 is 0 Å². The standard InChI is InChI=1S/C26H37N5O2S/c1-26(2,3)20-13-11-19(12-14-20)24-28-29-25(31(24)21-9-5-4-6-10-21)34-18-22(32)27-17-23(33)30-15-7-8-16-30/h11-14,21H,4-10,15-18H2,1-3H3,(H,27,32). The molecule has 184 valence electrons. The van der Waals surface area contributed by atoms with Gasteiger partial charge in [-0.3, -0.25) is 14.2 Å². The largest absolute Gasteiger partial charge is 0.346 e.